The Labute approximate surface area is 173 Å². The van der Waals surface area contributed by atoms with Gasteiger partial charge < -0.3 is 15.5 Å². The Balaban J connectivity index is 1.47. The van der Waals surface area contributed by atoms with E-state index in [2.05, 4.69) is 62.1 Å². The molecule has 152 valence electrons. The van der Waals surface area contributed by atoms with Gasteiger partial charge in [-0.05, 0) is 54.3 Å². The first-order valence-electron chi connectivity index (χ1n) is 10.4. The number of hydrogen-bond acceptors (Lipinski definition) is 4. The average molecular weight is 400 g/mol. The molecule has 0 amide bonds. The van der Waals surface area contributed by atoms with E-state index in [-0.39, 0.29) is 0 Å². The van der Waals surface area contributed by atoms with Gasteiger partial charge in [-0.25, -0.2) is 4.98 Å². The van der Waals surface area contributed by atoms with Crippen LogP contribution in [-0.4, -0.2) is 37.6 Å². The monoisotopic (exact) mass is 399 g/mol. The van der Waals surface area contributed by atoms with Crippen LogP contribution >= 0.6 is 11.3 Å². The normalized spacial score (nSPS) is 16.5. The van der Waals surface area contributed by atoms with E-state index in [1.807, 2.05) is 24.6 Å². The fourth-order valence-electron chi connectivity index (χ4n) is 3.56. The fraction of sp³-hybridized carbons (Fsp3) is 0.545. The first-order valence-corrected chi connectivity index (χ1v) is 11.3. The predicted octanol–water partition coefficient (Wildman–Crippen LogP) is 4.07. The molecule has 5 nitrogen and oxygen atoms in total. The zero-order chi connectivity index (χ0) is 19.6. The van der Waals surface area contributed by atoms with E-state index in [9.17, 15) is 0 Å². The second kappa shape index (κ2) is 11.1. The van der Waals surface area contributed by atoms with Crippen LogP contribution in [0.2, 0.25) is 0 Å². The van der Waals surface area contributed by atoms with E-state index >= 15 is 0 Å². The highest BCUT2D eigenvalue weighted by Crippen LogP contribution is 2.18. The van der Waals surface area contributed by atoms with Crippen LogP contribution in [0, 0.1) is 5.92 Å². The second-order valence-corrected chi connectivity index (χ2v) is 8.65. The first-order chi connectivity index (χ1) is 13.7. The van der Waals surface area contributed by atoms with Gasteiger partial charge in [-0.2, -0.15) is 0 Å². The molecule has 0 aliphatic carbocycles. The van der Waals surface area contributed by atoms with Crippen molar-refractivity contribution in [3.8, 4) is 0 Å². The molecule has 0 aromatic carbocycles. The molecule has 2 aromatic heterocycles. The summed E-state index contributed by atoms with van der Waals surface area (Å²) in [7, 11) is 1.83. The second-order valence-electron chi connectivity index (χ2n) is 7.62. The Morgan fingerprint density at radius 3 is 2.75 bits per heavy atom. The van der Waals surface area contributed by atoms with Crippen molar-refractivity contribution in [3.05, 3.63) is 46.3 Å². The number of anilines is 1. The van der Waals surface area contributed by atoms with Crippen LogP contribution in [0.25, 0.3) is 0 Å². The third-order valence-electron chi connectivity index (χ3n) is 5.17. The molecule has 1 atom stereocenters. The van der Waals surface area contributed by atoms with Crippen molar-refractivity contribution >= 4 is 23.1 Å². The van der Waals surface area contributed by atoms with Crippen molar-refractivity contribution in [3.63, 3.8) is 0 Å². The van der Waals surface area contributed by atoms with Crippen LogP contribution in [0.1, 0.15) is 43.0 Å². The molecule has 0 saturated carbocycles. The van der Waals surface area contributed by atoms with Gasteiger partial charge in [0.25, 0.3) is 0 Å². The number of guanidine groups is 1. The number of nitrogens with zero attached hydrogens (tertiary/aromatic N) is 3. The highest BCUT2D eigenvalue weighted by molar-refractivity contribution is 7.09. The van der Waals surface area contributed by atoms with Crippen molar-refractivity contribution in [1.82, 2.24) is 15.6 Å². The molecule has 1 saturated heterocycles. The number of rotatable bonds is 7. The van der Waals surface area contributed by atoms with Gasteiger partial charge in [0.15, 0.2) is 5.96 Å². The van der Waals surface area contributed by atoms with Crippen LogP contribution in [0.3, 0.4) is 0 Å². The van der Waals surface area contributed by atoms with Gasteiger partial charge in [-0.3, -0.25) is 4.99 Å². The Bertz CT molecular complexity index is 720. The maximum absolute atomic E-state index is 4.60. The molecule has 0 radical (unpaired) electrons. The lowest BCUT2D eigenvalue weighted by Gasteiger charge is -2.22. The van der Waals surface area contributed by atoms with Gasteiger partial charge in [0.05, 0.1) is 0 Å². The van der Waals surface area contributed by atoms with Crippen LogP contribution in [0.15, 0.2) is 40.8 Å². The molecule has 3 rings (SSSR count). The van der Waals surface area contributed by atoms with E-state index in [0.717, 1.165) is 44.4 Å². The van der Waals surface area contributed by atoms with Crippen LogP contribution in [0.4, 0.5) is 5.82 Å². The Morgan fingerprint density at radius 2 is 2.04 bits per heavy atom. The Kier molecular flexibility index (Phi) is 8.15. The summed E-state index contributed by atoms with van der Waals surface area (Å²) in [5.41, 5.74) is 1.24. The van der Waals surface area contributed by atoms with Gasteiger partial charge in [0.1, 0.15) is 5.82 Å². The van der Waals surface area contributed by atoms with Crippen molar-refractivity contribution in [2.75, 3.05) is 31.6 Å². The standard InChI is InChI=1S/C22H33N5S/c1-18(14-20-8-7-13-28-20)16-25-22(23-2)26-17-19-9-10-24-21(15-19)27-11-5-3-4-6-12-27/h7-10,13,15,18H,3-6,11-12,14,16-17H2,1-2H3,(H2,23,25,26). The summed E-state index contributed by atoms with van der Waals surface area (Å²) >= 11 is 1.83. The van der Waals surface area contributed by atoms with E-state index in [1.54, 1.807) is 0 Å². The highest BCUT2D eigenvalue weighted by atomic mass is 32.1. The van der Waals surface area contributed by atoms with Crippen molar-refractivity contribution in [1.29, 1.82) is 0 Å². The summed E-state index contributed by atoms with van der Waals surface area (Å²) < 4.78 is 0. The van der Waals surface area contributed by atoms with Crippen molar-refractivity contribution in [2.24, 2.45) is 10.9 Å². The smallest absolute Gasteiger partial charge is 0.191 e. The molecular formula is C22H33N5S. The molecule has 3 heterocycles. The largest absolute Gasteiger partial charge is 0.357 e. The van der Waals surface area contributed by atoms with Crippen molar-refractivity contribution < 1.29 is 0 Å². The summed E-state index contributed by atoms with van der Waals surface area (Å²) in [5, 5.41) is 9.04. The number of thiophene rings is 1. The lowest BCUT2D eigenvalue weighted by molar-refractivity contribution is 0.562. The molecule has 1 aliphatic rings. The third kappa shape index (κ3) is 6.51. The number of aliphatic imine (C=N–C) groups is 1. The number of nitrogens with one attached hydrogen (secondary N) is 2. The average Bonchev–Trinajstić information content (AvgIpc) is 3.07. The summed E-state index contributed by atoms with van der Waals surface area (Å²) in [6.45, 7) is 6.18. The van der Waals surface area contributed by atoms with E-state index in [0.29, 0.717) is 5.92 Å². The molecule has 6 heteroatoms. The fourth-order valence-corrected chi connectivity index (χ4v) is 4.43. The third-order valence-corrected chi connectivity index (χ3v) is 6.07. The molecule has 1 unspecified atom stereocenters. The van der Waals surface area contributed by atoms with E-state index in [4.69, 9.17) is 0 Å². The summed E-state index contributed by atoms with van der Waals surface area (Å²) in [4.78, 5) is 12.8. The van der Waals surface area contributed by atoms with Gasteiger partial charge in [0, 0.05) is 44.3 Å². The Hall–Kier alpha value is -2.08. The van der Waals surface area contributed by atoms with Gasteiger partial charge in [-0.15, -0.1) is 11.3 Å². The van der Waals surface area contributed by atoms with E-state index < -0.39 is 0 Å². The molecule has 0 spiro atoms. The first kappa shape index (κ1) is 20.6. The predicted molar refractivity (Wildman–Crippen MR) is 120 cm³/mol. The summed E-state index contributed by atoms with van der Waals surface area (Å²) in [6, 6.07) is 8.63. The molecular weight excluding hydrogens is 366 g/mol. The minimum Gasteiger partial charge on any atom is -0.357 e. The van der Waals surface area contributed by atoms with E-state index in [1.165, 1.54) is 36.1 Å². The van der Waals surface area contributed by atoms with Crippen LogP contribution < -0.4 is 15.5 Å². The van der Waals surface area contributed by atoms with Gasteiger partial charge >= 0.3 is 0 Å². The minimum atomic E-state index is 0.563. The van der Waals surface area contributed by atoms with Gasteiger partial charge in [0.2, 0.25) is 0 Å². The SMILES string of the molecule is CN=C(NCc1ccnc(N2CCCCCC2)c1)NCC(C)Cc1cccs1. The highest BCUT2D eigenvalue weighted by Gasteiger charge is 2.11. The zero-order valence-electron chi connectivity index (χ0n) is 17.2. The van der Waals surface area contributed by atoms with Crippen LogP contribution in [0.5, 0.6) is 0 Å². The quantitative estimate of drug-likeness (QED) is 0.544. The number of aromatic nitrogens is 1. The minimum absolute atomic E-state index is 0.563. The maximum Gasteiger partial charge on any atom is 0.191 e. The van der Waals surface area contributed by atoms with Crippen LogP contribution in [-0.2, 0) is 13.0 Å². The van der Waals surface area contributed by atoms with Gasteiger partial charge in [-0.1, -0.05) is 25.8 Å². The zero-order valence-corrected chi connectivity index (χ0v) is 18.0. The number of hydrogen-bond donors (Lipinski definition) is 2. The molecule has 2 N–H and O–H groups in total. The van der Waals surface area contributed by atoms with Crippen molar-refractivity contribution in [2.45, 2.75) is 45.6 Å². The maximum atomic E-state index is 4.60. The summed E-state index contributed by atoms with van der Waals surface area (Å²) in [5.74, 6) is 2.52. The lowest BCUT2D eigenvalue weighted by Crippen LogP contribution is -2.39. The lowest BCUT2D eigenvalue weighted by atomic mass is 10.1. The topological polar surface area (TPSA) is 52.6 Å². The summed E-state index contributed by atoms with van der Waals surface area (Å²) in [6.07, 6.45) is 8.24. The molecule has 1 aliphatic heterocycles. The molecule has 28 heavy (non-hydrogen) atoms. The number of pyridine rings is 1. The molecule has 1 fully saturated rings. The Morgan fingerprint density at radius 1 is 1.21 bits per heavy atom. The molecule has 2 aromatic rings. The molecule has 0 bridgehead atoms.